The highest BCUT2D eigenvalue weighted by atomic mass is 79.9. The minimum absolute atomic E-state index is 0.0180. The molecular weight excluding hydrogens is 470 g/mol. The molecule has 184 valence electrons. The molecule has 0 amide bonds. The maximum atomic E-state index is 13.5. The number of nitrogens with one attached hydrogen (secondary N) is 2. The van der Waals surface area contributed by atoms with Gasteiger partial charge >= 0.3 is 11.9 Å². The standard InChI is InChI=1S/C25H44BrN3O3/c1-7-8-9-10-11-12-13-14-18-17-19-15-16-20-25(26,21(30)32-23(2,3)4)24(5,31-6)28-22(27-18)29(19)20/h18-20H,7-17H2,1-6H3,(H,27,28)/p+1/t18-,19+,20+,24+,25+/m1/s1. The molecule has 3 aliphatic rings. The van der Waals surface area contributed by atoms with Gasteiger partial charge in [0.2, 0.25) is 10.0 Å². The van der Waals surface area contributed by atoms with Crippen molar-refractivity contribution in [1.29, 1.82) is 0 Å². The van der Waals surface area contributed by atoms with Crippen molar-refractivity contribution in [1.82, 2.24) is 10.6 Å². The number of unbranched alkanes of at least 4 members (excludes halogenated alkanes) is 6. The van der Waals surface area contributed by atoms with Gasteiger partial charge in [0.15, 0.2) is 0 Å². The summed E-state index contributed by atoms with van der Waals surface area (Å²) in [5.74, 6) is 0.747. The third-order valence-electron chi connectivity index (χ3n) is 7.43. The number of esters is 1. The highest BCUT2D eigenvalue weighted by molar-refractivity contribution is 9.10. The average molecular weight is 516 g/mol. The molecule has 2 N–H and O–H groups in total. The zero-order valence-corrected chi connectivity index (χ0v) is 22.6. The van der Waals surface area contributed by atoms with E-state index in [0.29, 0.717) is 12.1 Å². The third kappa shape index (κ3) is 5.13. The lowest BCUT2D eigenvalue weighted by molar-refractivity contribution is -0.599. The van der Waals surface area contributed by atoms with E-state index in [2.05, 4.69) is 38.1 Å². The maximum Gasteiger partial charge on any atom is 0.348 e. The molecule has 0 aromatic rings. The summed E-state index contributed by atoms with van der Waals surface area (Å²) < 4.78 is 13.2. The maximum absolute atomic E-state index is 13.5. The first kappa shape index (κ1) is 25.8. The summed E-state index contributed by atoms with van der Waals surface area (Å²) in [5, 5.41) is 7.32. The van der Waals surface area contributed by atoms with Crippen LogP contribution in [-0.2, 0) is 14.3 Å². The first-order chi connectivity index (χ1) is 15.1. The molecule has 0 spiro atoms. The van der Waals surface area contributed by atoms with Crippen LogP contribution in [0.2, 0.25) is 0 Å². The Balaban J connectivity index is 1.70. The molecule has 0 saturated carbocycles. The van der Waals surface area contributed by atoms with Crippen LogP contribution in [0.15, 0.2) is 0 Å². The van der Waals surface area contributed by atoms with Crippen molar-refractivity contribution in [2.45, 2.75) is 139 Å². The van der Waals surface area contributed by atoms with E-state index in [1.165, 1.54) is 51.4 Å². The van der Waals surface area contributed by atoms with Gasteiger partial charge < -0.3 is 9.47 Å². The van der Waals surface area contributed by atoms with E-state index in [9.17, 15) is 4.79 Å². The molecule has 7 heteroatoms. The van der Waals surface area contributed by atoms with Crippen molar-refractivity contribution in [2.75, 3.05) is 7.11 Å². The molecule has 0 aromatic carbocycles. The minimum Gasteiger partial charge on any atom is -0.459 e. The van der Waals surface area contributed by atoms with Crippen LogP contribution >= 0.6 is 15.9 Å². The summed E-state index contributed by atoms with van der Waals surface area (Å²) in [6, 6.07) is 0.897. The Bertz CT molecular complexity index is 707. The monoisotopic (exact) mass is 514 g/mol. The van der Waals surface area contributed by atoms with Crippen LogP contribution < -0.4 is 10.6 Å². The summed E-state index contributed by atoms with van der Waals surface area (Å²) in [5.41, 5.74) is -1.48. The number of halogens is 1. The van der Waals surface area contributed by atoms with Crippen LogP contribution in [0.1, 0.15) is 105 Å². The van der Waals surface area contributed by atoms with E-state index in [0.717, 1.165) is 25.2 Å². The lowest BCUT2D eigenvalue weighted by Crippen LogP contribution is -2.78. The number of rotatable bonds is 10. The van der Waals surface area contributed by atoms with Gasteiger partial charge in [-0.05, 0) is 47.0 Å². The normalized spacial score (nSPS) is 34.0. The van der Waals surface area contributed by atoms with Crippen LogP contribution in [0.5, 0.6) is 0 Å². The SMILES string of the molecule is CCCCCCCCC[C@@H]1C[C@@H]2CC[C@@H]3[N+]2=C(N1)N[C@@](C)(OC)[C@@]3(Br)C(=O)OC(C)(C)C. The van der Waals surface area contributed by atoms with Gasteiger partial charge in [-0.1, -0.05) is 67.8 Å². The molecule has 1 saturated heterocycles. The van der Waals surface area contributed by atoms with Gasteiger partial charge in [0.05, 0.1) is 12.1 Å². The van der Waals surface area contributed by atoms with Gasteiger partial charge in [-0.15, -0.1) is 0 Å². The van der Waals surface area contributed by atoms with E-state index in [-0.39, 0.29) is 12.0 Å². The smallest absolute Gasteiger partial charge is 0.348 e. The van der Waals surface area contributed by atoms with Gasteiger partial charge in [0, 0.05) is 13.5 Å². The van der Waals surface area contributed by atoms with E-state index < -0.39 is 15.7 Å². The van der Waals surface area contributed by atoms with E-state index in [1.54, 1.807) is 7.11 Å². The van der Waals surface area contributed by atoms with Gasteiger partial charge in [-0.2, -0.15) is 0 Å². The highest BCUT2D eigenvalue weighted by Gasteiger charge is 2.69. The summed E-state index contributed by atoms with van der Waals surface area (Å²) in [6.45, 7) is 9.95. The second-order valence-corrected chi connectivity index (χ2v) is 12.3. The second kappa shape index (κ2) is 10.2. The Labute approximate surface area is 203 Å². The number of hydrogen-bond donors (Lipinski definition) is 2. The Morgan fingerprint density at radius 3 is 2.44 bits per heavy atom. The fourth-order valence-electron chi connectivity index (χ4n) is 5.65. The summed E-state index contributed by atoms with van der Waals surface area (Å²) in [7, 11) is 1.66. The number of carbonyl (C=O) groups is 1. The Morgan fingerprint density at radius 1 is 1.16 bits per heavy atom. The van der Waals surface area contributed by atoms with Gasteiger partial charge in [-0.3, -0.25) is 14.7 Å². The van der Waals surface area contributed by atoms with Crippen molar-refractivity contribution >= 4 is 27.9 Å². The number of nitrogens with zero attached hydrogens (tertiary/aromatic N) is 1. The lowest BCUT2D eigenvalue weighted by atomic mass is 9.85. The third-order valence-corrected chi connectivity index (χ3v) is 9.04. The van der Waals surface area contributed by atoms with Gasteiger partial charge in [-0.25, -0.2) is 5.32 Å². The fraction of sp³-hybridized carbons (Fsp3) is 0.920. The van der Waals surface area contributed by atoms with Crippen molar-refractivity contribution in [2.24, 2.45) is 0 Å². The first-order valence-electron chi connectivity index (χ1n) is 12.7. The lowest BCUT2D eigenvalue weighted by Gasteiger charge is -2.49. The summed E-state index contributed by atoms with van der Waals surface area (Å²) in [4.78, 5) is 13.5. The molecule has 3 aliphatic heterocycles. The Morgan fingerprint density at radius 2 is 1.81 bits per heavy atom. The van der Waals surface area contributed by atoms with Crippen molar-refractivity contribution in [3.05, 3.63) is 0 Å². The molecule has 0 radical (unpaired) electrons. The van der Waals surface area contributed by atoms with Gasteiger partial charge in [0.25, 0.3) is 0 Å². The zero-order valence-electron chi connectivity index (χ0n) is 21.1. The van der Waals surface area contributed by atoms with Crippen molar-refractivity contribution in [3.63, 3.8) is 0 Å². The van der Waals surface area contributed by atoms with Gasteiger partial charge in [0.1, 0.15) is 11.6 Å². The topological polar surface area (TPSA) is 62.6 Å². The zero-order chi connectivity index (χ0) is 23.6. The van der Waals surface area contributed by atoms with Crippen LogP contribution in [0, 0.1) is 0 Å². The predicted octanol–water partition coefficient (Wildman–Crippen LogP) is 4.83. The second-order valence-electron chi connectivity index (χ2n) is 11.1. The summed E-state index contributed by atoms with van der Waals surface area (Å²) in [6.07, 6.45) is 13.7. The number of ether oxygens (including phenoxy) is 2. The van der Waals surface area contributed by atoms with E-state index in [4.69, 9.17) is 9.47 Å². The Hall–Kier alpha value is -0.820. The minimum atomic E-state index is -0.993. The molecule has 32 heavy (non-hydrogen) atoms. The fourth-order valence-corrected chi connectivity index (χ4v) is 6.45. The number of guanidine groups is 1. The molecule has 0 aliphatic carbocycles. The van der Waals surface area contributed by atoms with E-state index >= 15 is 0 Å². The Kier molecular flexibility index (Phi) is 8.23. The first-order valence-corrected chi connectivity index (χ1v) is 13.5. The van der Waals surface area contributed by atoms with Crippen LogP contribution in [0.4, 0.5) is 0 Å². The number of carbonyl (C=O) groups excluding carboxylic acids is 1. The van der Waals surface area contributed by atoms with Crippen LogP contribution in [-0.4, -0.2) is 57.4 Å². The molecule has 3 heterocycles. The van der Waals surface area contributed by atoms with Crippen LogP contribution in [0.3, 0.4) is 0 Å². The number of hydrogen-bond acceptors (Lipinski definition) is 5. The molecule has 0 aromatic heterocycles. The number of alkyl halides is 1. The number of methoxy groups -OCH3 is 1. The van der Waals surface area contributed by atoms with E-state index in [1.807, 2.05) is 27.7 Å². The molecule has 3 rings (SSSR count). The van der Waals surface area contributed by atoms with Crippen LogP contribution in [0.25, 0.3) is 0 Å². The van der Waals surface area contributed by atoms with Crippen molar-refractivity contribution in [3.8, 4) is 0 Å². The molecule has 0 bridgehead atoms. The summed E-state index contributed by atoms with van der Waals surface area (Å²) >= 11 is 3.86. The molecule has 6 nitrogen and oxygen atoms in total. The molecular formula is C25H45BrN3O3+. The largest absolute Gasteiger partial charge is 0.459 e. The molecule has 0 unspecified atom stereocenters. The predicted molar refractivity (Wildman–Crippen MR) is 132 cm³/mol. The molecule has 5 atom stereocenters. The molecule has 1 fully saturated rings. The van der Waals surface area contributed by atoms with Crippen molar-refractivity contribution < 1.29 is 18.8 Å². The highest BCUT2D eigenvalue weighted by Crippen LogP contribution is 2.47. The quantitative estimate of drug-likeness (QED) is 0.189. The average Bonchev–Trinajstić information content (AvgIpc) is 3.15.